The smallest absolute Gasteiger partial charge is 0.240 e. The Labute approximate surface area is 132 Å². The van der Waals surface area contributed by atoms with Crippen molar-refractivity contribution in [2.45, 2.75) is 25.5 Å². The molecule has 0 radical (unpaired) electrons. The molecular formula is C16H17ClN2O3. The molecule has 0 bridgehead atoms. The third kappa shape index (κ3) is 3.31. The van der Waals surface area contributed by atoms with Crippen LogP contribution in [-0.4, -0.2) is 29.7 Å². The van der Waals surface area contributed by atoms with E-state index in [0.29, 0.717) is 22.5 Å². The van der Waals surface area contributed by atoms with Crippen molar-refractivity contribution in [3.63, 3.8) is 0 Å². The van der Waals surface area contributed by atoms with Gasteiger partial charge >= 0.3 is 0 Å². The van der Waals surface area contributed by atoms with Gasteiger partial charge in [-0.1, -0.05) is 11.6 Å². The van der Waals surface area contributed by atoms with E-state index in [0.717, 1.165) is 19.4 Å². The van der Waals surface area contributed by atoms with Crippen molar-refractivity contribution in [3.8, 4) is 0 Å². The third-order valence-corrected chi connectivity index (χ3v) is 4.04. The number of carbonyl (C=O) groups is 1. The maximum absolute atomic E-state index is 12.1. The van der Waals surface area contributed by atoms with Crippen LogP contribution >= 0.6 is 11.6 Å². The van der Waals surface area contributed by atoms with Gasteiger partial charge in [0.05, 0.1) is 11.6 Å². The van der Waals surface area contributed by atoms with Crippen LogP contribution in [0.25, 0.3) is 10.9 Å². The van der Waals surface area contributed by atoms with E-state index >= 15 is 0 Å². The van der Waals surface area contributed by atoms with Crippen LogP contribution in [-0.2, 0) is 16.1 Å². The molecule has 1 fully saturated rings. The molecular weight excluding hydrogens is 304 g/mol. The molecule has 1 amide bonds. The van der Waals surface area contributed by atoms with Crippen molar-refractivity contribution in [1.82, 2.24) is 9.88 Å². The predicted octanol–water partition coefficient (Wildman–Crippen LogP) is 1.95. The molecule has 0 unspecified atom stereocenters. The number of pyridine rings is 1. The third-order valence-electron chi connectivity index (χ3n) is 3.81. The van der Waals surface area contributed by atoms with Gasteiger partial charge in [-0.3, -0.25) is 9.59 Å². The average molecular weight is 321 g/mol. The molecule has 1 N–H and O–H groups in total. The number of hydrogen-bond donors (Lipinski definition) is 1. The number of nitrogens with one attached hydrogen (secondary N) is 1. The van der Waals surface area contributed by atoms with Crippen LogP contribution in [0, 0.1) is 0 Å². The first-order valence-corrected chi connectivity index (χ1v) is 7.68. The molecule has 6 heteroatoms. The monoisotopic (exact) mass is 320 g/mol. The highest BCUT2D eigenvalue weighted by molar-refractivity contribution is 6.31. The number of rotatable bonds is 4. The van der Waals surface area contributed by atoms with E-state index in [4.69, 9.17) is 16.3 Å². The molecule has 1 aliphatic rings. The Bertz CT molecular complexity index is 751. The van der Waals surface area contributed by atoms with Crippen LogP contribution in [0.5, 0.6) is 0 Å². The van der Waals surface area contributed by atoms with Crippen LogP contribution in [0.1, 0.15) is 12.8 Å². The van der Waals surface area contributed by atoms with Crippen LogP contribution in [0.4, 0.5) is 0 Å². The zero-order valence-corrected chi connectivity index (χ0v) is 12.8. The van der Waals surface area contributed by atoms with E-state index in [1.807, 2.05) is 0 Å². The summed E-state index contributed by atoms with van der Waals surface area (Å²) in [6, 6.07) is 6.52. The molecule has 1 atom stereocenters. The molecule has 0 aliphatic carbocycles. The summed E-state index contributed by atoms with van der Waals surface area (Å²) in [5.41, 5.74) is 0.579. The highest BCUT2D eigenvalue weighted by Crippen LogP contribution is 2.16. The average Bonchev–Trinajstić information content (AvgIpc) is 3.01. The van der Waals surface area contributed by atoms with E-state index in [2.05, 4.69) is 5.32 Å². The lowest BCUT2D eigenvalue weighted by Crippen LogP contribution is -2.34. The van der Waals surface area contributed by atoms with Gasteiger partial charge in [0.25, 0.3) is 0 Å². The molecule has 5 nitrogen and oxygen atoms in total. The number of hydrogen-bond acceptors (Lipinski definition) is 3. The van der Waals surface area contributed by atoms with Crippen molar-refractivity contribution in [2.24, 2.45) is 0 Å². The summed E-state index contributed by atoms with van der Waals surface area (Å²) in [5.74, 6) is -0.111. The zero-order valence-electron chi connectivity index (χ0n) is 12.0. The van der Waals surface area contributed by atoms with Gasteiger partial charge in [0.1, 0.15) is 6.54 Å². The quantitative estimate of drug-likeness (QED) is 0.936. The second-order valence-corrected chi connectivity index (χ2v) is 5.84. The first-order valence-electron chi connectivity index (χ1n) is 7.30. The minimum Gasteiger partial charge on any atom is -0.376 e. The van der Waals surface area contributed by atoms with Crippen LogP contribution in [0.15, 0.2) is 35.3 Å². The lowest BCUT2D eigenvalue weighted by Gasteiger charge is -2.13. The Hall–Kier alpha value is -1.85. The Morgan fingerprint density at radius 1 is 1.41 bits per heavy atom. The van der Waals surface area contributed by atoms with Gasteiger partial charge in [0, 0.05) is 35.8 Å². The van der Waals surface area contributed by atoms with E-state index in [1.54, 1.807) is 29.0 Å². The van der Waals surface area contributed by atoms with E-state index in [1.165, 1.54) is 6.07 Å². The number of aromatic nitrogens is 1. The molecule has 3 rings (SSSR count). The van der Waals surface area contributed by atoms with Gasteiger partial charge in [0.15, 0.2) is 5.43 Å². The number of fused-ring (bicyclic) bond motifs is 1. The summed E-state index contributed by atoms with van der Waals surface area (Å²) >= 11 is 5.99. The van der Waals surface area contributed by atoms with Crippen molar-refractivity contribution >= 4 is 28.4 Å². The van der Waals surface area contributed by atoms with E-state index in [9.17, 15) is 9.59 Å². The molecule has 1 aromatic heterocycles. The lowest BCUT2D eigenvalue weighted by atomic mass is 10.2. The summed E-state index contributed by atoms with van der Waals surface area (Å²) in [4.78, 5) is 23.9. The fourth-order valence-electron chi connectivity index (χ4n) is 2.66. The zero-order chi connectivity index (χ0) is 15.5. The molecule has 2 heterocycles. The Balaban J connectivity index is 1.75. The predicted molar refractivity (Wildman–Crippen MR) is 85.2 cm³/mol. The molecule has 2 aromatic rings. The molecule has 1 aliphatic heterocycles. The summed E-state index contributed by atoms with van der Waals surface area (Å²) in [6.07, 6.45) is 3.76. The van der Waals surface area contributed by atoms with Crippen LogP contribution < -0.4 is 10.7 Å². The second-order valence-electron chi connectivity index (χ2n) is 5.41. The molecule has 116 valence electrons. The maximum atomic E-state index is 12.1. The summed E-state index contributed by atoms with van der Waals surface area (Å²) in [5, 5.41) is 3.96. The largest absolute Gasteiger partial charge is 0.376 e. The molecule has 22 heavy (non-hydrogen) atoms. The van der Waals surface area contributed by atoms with Gasteiger partial charge in [-0.15, -0.1) is 0 Å². The van der Waals surface area contributed by atoms with E-state index in [-0.39, 0.29) is 24.0 Å². The minimum absolute atomic E-state index is 0.0809. The lowest BCUT2D eigenvalue weighted by molar-refractivity contribution is -0.122. The number of nitrogens with zero attached hydrogens (tertiary/aromatic N) is 1. The van der Waals surface area contributed by atoms with Crippen molar-refractivity contribution in [3.05, 3.63) is 45.7 Å². The first-order chi connectivity index (χ1) is 10.6. The van der Waals surface area contributed by atoms with E-state index < -0.39 is 0 Å². The van der Waals surface area contributed by atoms with Gasteiger partial charge in [-0.2, -0.15) is 0 Å². The van der Waals surface area contributed by atoms with Gasteiger partial charge in [-0.05, 0) is 31.0 Å². The highest BCUT2D eigenvalue weighted by Gasteiger charge is 2.16. The number of amides is 1. The summed E-state index contributed by atoms with van der Waals surface area (Å²) in [6.45, 7) is 1.44. The van der Waals surface area contributed by atoms with Crippen molar-refractivity contribution in [1.29, 1.82) is 0 Å². The number of benzene rings is 1. The van der Waals surface area contributed by atoms with Crippen LogP contribution in [0.3, 0.4) is 0 Å². The number of ether oxygens (including phenoxy) is 1. The number of halogens is 1. The molecule has 0 saturated carbocycles. The SMILES string of the molecule is O=C(Cn1ccc(=O)c2ccc(Cl)cc21)NC[C@@H]1CCCO1. The van der Waals surface area contributed by atoms with Gasteiger partial charge < -0.3 is 14.6 Å². The minimum atomic E-state index is -0.111. The maximum Gasteiger partial charge on any atom is 0.240 e. The van der Waals surface area contributed by atoms with Crippen LogP contribution in [0.2, 0.25) is 5.02 Å². The Morgan fingerprint density at radius 2 is 2.27 bits per heavy atom. The van der Waals surface area contributed by atoms with Crippen molar-refractivity contribution < 1.29 is 9.53 Å². The molecule has 1 saturated heterocycles. The van der Waals surface area contributed by atoms with Gasteiger partial charge in [0.2, 0.25) is 5.91 Å². The topological polar surface area (TPSA) is 60.3 Å². The molecule has 0 spiro atoms. The Kier molecular flexibility index (Phi) is 4.45. The van der Waals surface area contributed by atoms with Gasteiger partial charge in [-0.25, -0.2) is 0 Å². The van der Waals surface area contributed by atoms with Crippen molar-refractivity contribution in [2.75, 3.05) is 13.2 Å². The fourth-order valence-corrected chi connectivity index (χ4v) is 2.83. The standard InChI is InChI=1S/C16H17ClN2O3/c17-11-3-4-13-14(8-11)19(6-5-15(13)20)10-16(21)18-9-12-2-1-7-22-12/h3-6,8,12H,1-2,7,9-10H2,(H,18,21)/t12-/m0/s1. The fraction of sp³-hybridized carbons (Fsp3) is 0.375. The highest BCUT2D eigenvalue weighted by atomic mass is 35.5. The summed E-state index contributed by atoms with van der Waals surface area (Å²) < 4.78 is 7.20. The second kappa shape index (κ2) is 6.50. The normalized spacial score (nSPS) is 17.8. The molecule has 1 aromatic carbocycles. The Morgan fingerprint density at radius 3 is 3.05 bits per heavy atom. The summed E-state index contributed by atoms with van der Waals surface area (Å²) in [7, 11) is 0. The first kappa shape index (κ1) is 15.1. The number of carbonyl (C=O) groups excluding carboxylic acids is 1.